The number of halogens is 1. The SMILES string of the molecule is CC(=NCCO)C1C(=O)C(=O)N(CCO)[C@H]1c1ccc(Br)cc1. The summed E-state index contributed by atoms with van der Waals surface area (Å²) in [5.41, 5.74) is 1.33. The summed E-state index contributed by atoms with van der Waals surface area (Å²) >= 11 is 3.36. The minimum atomic E-state index is -0.693. The molecule has 1 aliphatic heterocycles. The first kappa shape index (κ1) is 17.8. The number of β-amino-alcohol motifs (C(OH)–C–C–N with tert-alkyl or cyclic N) is 1. The first-order chi connectivity index (χ1) is 11.0. The molecule has 1 aromatic carbocycles. The van der Waals surface area contributed by atoms with Gasteiger partial charge in [0.1, 0.15) is 0 Å². The van der Waals surface area contributed by atoms with E-state index in [0.717, 1.165) is 10.0 Å². The van der Waals surface area contributed by atoms with E-state index in [1.165, 1.54) is 4.90 Å². The molecule has 0 bridgehead atoms. The number of carbonyl (C=O) groups is 2. The molecule has 124 valence electrons. The molecule has 2 N–H and O–H groups in total. The number of hydrogen-bond donors (Lipinski definition) is 2. The van der Waals surface area contributed by atoms with E-state index in [2.05, 4.69) is 20.9 Å². The van der Waals surface area contributed by atoms with Gasteiger partial charge >= 0.3 is 0 Å². The number of aliphatic hydroxyl groups is 2. The Labute approximate surface area is 143 Å². The van der Waals surface area contributed by atoms with Crippen LogP contribution in [0.1, 0.15) is 18.5 Å². The maximum Gasteiger partial charge on any atom is 0.291 e. The predicted octanol–water partition coefficient (Wildman–Crippen LogP) is 0.963. The van der Waals surface area contributed by atoms with Gasteiger partial charge in [-0.15, -0.1) is 0 Å². The maximum atomic E-state index is 12.4. The summed E-state index contributed by atoms with van der Waals surface area (Å²) < 4.78 is 0.896. The molecule has 0 saturated carbocycles. The normalized spacial score (nSPS) is 22.1. The van der Waals surface area contributed by atoms with E-state index in [4.69, 9.17) is 5.11 Å². The molecule has 2 rings (SSSR count). The molecular weight excluding hydrogens is 364 g/mol. The topological polar surface area (TPSA) is 90.2 Å². The lowest BCUT2D eigenvalue weighted by Crippen LogP contribution is -2.32. The van der Waals surface area contributed by atoms with Crippen molar-refractivity contribution < 1.29 is 19.8 Å². The fourth-order valence-electron chi connectivity index (χ4n) is 2.85. The fraction of sp³-hybridized carbons (Fsp3) is 0.438. The first-order valence-corrected chi connectivity index (χ1v) is 8.13. The number of amides is 1. The minimum Gasteiger partial charge on any atom is -0.395 e. The molecule has 6 nitrogen and oxygen atoms in total. The molecule has 1 unspecified atom stereocenters. The van der Waals surface area contributed by atoms with Crippen molar-refractivity contribution in [1.29, 1.82) is 0 Å². The zero-order chi connectivity index (χ0) is 17.0. The number of hydrogen-bond acceptors (Lipinski definition) is 5. The molecule has 7 heteroatoms. The standard InChI is InChI=1S/C16H19BrN2O4/c1-10(18-6-8-20)13-14(11-2-4-12(17)5-3-11)19(7-9-21)16(23)15(13)22/h2-5,13-14,20-21H,6-9H2,1H3/t13?,14-/m0/s1. The Kier molecular flexibility index (Phi) is 6.04. The van der Waals surface area contributed by atoms with Crippen LogP contribution in [0, 0.1) is 5.92 Å². The van der Waals surface area contributed by atoms with Crippen molar-refractivity contribution >= 4 is 33.3 Å². The molecule has 1 fully saturated rings. The van der Waals surface area contributed by atoms with E-state index >= 15 is 0 Å². The second kappa shape index (κ2) is 7.81. The van der Waals surface area contributed by atoms with Gasteiger partial charge in [-0.05, 0) is 24.6 Å². The Morgan fingerprint density at radius 1 is 1.22 bits per heavy atom. The summed E-state index contributed by atoms with van der Waals surface area (Å²) in [6.45, 7) is 1.65. The summed E-state index contributed by atoms with van der Waals surface area (Å²) in [5, 5.41) is 18.1. The molecule has 0 aliphatic carbocycles. The smallest absolute Gasteiger partial charge is 0.291 e. The molecule has 0 aromatic heterocycles. The van der Waals surface area contributed by atoms with Crippen LogP contribution < -0.4 is 0 Å². The molecule has 0 radical (unpaired) electrons. The van der Waals surface area contributed by atoms with E-state index in [0.29, 0.717) is 5.71 Å². The summed E-state index contributed by atoms with van der Waals surface area (Å²) in [6.07, 6.45) is 0. The zero-order valence-corrected chi connectivity index (χ0v) is 14.4. The highest BCUT2D eigenvalue weighted by atomic mass is 79.9. The Balaban J connectivity index is 2.46. The van der Waals surface area contributed by atoms with E-state index < -0.39 is 23.7 Å². The third kappa shape index (κ3) is 3.68. The van der Waals surface area contributed by atoms with Gasteiger partial charge in [0.05, 0.1) is 31.7 Å². The van der Waals surface area contributed by atoms with Crippen LogP contribution in [0.3, 0.4) is 0 Å². The third-order valence-corrected chi connectivity index (χ3v) is 4.40. The monoisotopic (exact) mass is 382 g/mol. The molecule has 1 amide bonds. The van der Waals surface area contributed by atoms with Crippen LogP contribution in [-0.4, -0.2) is 58.8 Å². The number of aliphatic imine (C=N–C) groups is 1. The molecule has 0 spiro atoms. The van der Waals surface area contributed by atoms with Gasteiger partial charge in [-0.2, -0.15) is 0 Å². The van der Waals surface area contributed by atoms with Crippen molar-refractivity contribution in [1.82, 2.24) is 4.90 Å². The predicted molar refractivity (Wildman–Crippen MR) is 89.2 cm³/mol. The number of carbonyl (C=O) groups excluding carboxylic acids is 2. The average molecular weight is 383 g/mol. The summed E-state index contributed by atoms with van der Waals surface area (Å²) in [6, 6.07) is 6.89. The van der Waals surface area contributed by atoms with Gasteiger partial charge in [0.15, 0.2) is 0 Å². The number of Topliss-reactive ketones (excluding diaryl/α,β-unsaturated/α-hetero) is 1. The van der Waals surface area contributed by atoms with Crippen molar-refractivity contribution in [2.45, 2.75) is 13.0 Å². The molecule has 23 heavy (non-hydrogen) atoms. The Bertz CT molecular complexity index is 615. The number of benzene rings is 1. The quantitative estimate of drug-likeness (QED) is 0.566. The summed E-state index contributed by atoms with van der Waals surface area (Å²) in [5.74, 6) is -1.82. The van der Waals surface area contributed by atoms with Gasteiger partial charge in [0, 0.05) is 16.7 Å². The van der Waals surface area contributed by atoms with Crippen LogP contribution in [0.25, 0.3) is 0 Å². The van der Waals surface area contributed by atoms with Crippen molar-refractivity contribution in [3.63, 3.8) is 0 Å². The van der Waals surface area contributed by atoms with E-state index in [1.54, 1.807) is 6.92 Å². The lowest BCUT2D eigenvalue weighted by molar-refractivity contribution is -0.141. The van der Waals surface area contributed by atoms with Gasteiger partial charge in [0.25, 0.3) is 5.91 Å². The molecule has 1 aromatic rings. The van der Waals surface area contributed by atoms with E-state index in [9.17, 15) is 14.7 Å². The minimum absolute atomic E-state index is 0.0923. The Morgan fingerprint density at radius 2 is 1.87 bits per heavy atom. The average Bonchev–Trinajstić information content (AvgIpc) is 2.79. The van der Waals surface area contributed by atoms with Crippen LogP contribution in [0.2, 0.25) is 0 Å². The van der Waals surface area contributed by atoms with Crippen molar-refractivity contribution in [2.75, 3.05) is 26.3 Å². The summed E-state index contributed by atoms with van der Waals surface area (Å²) in [7, 11) is 0. The summed E-state index contributed by atoms with van der Waals surface area (Å²) in [4.78, 5) is 30.3. The highest BCUT2D eigenvalue weighted by molar-refractivity contribution is 9.10. The number of aliphatic hydroxyl groups excluding tert-OH is 2. The molecule has 1 saturated heterocycles. The Hall–Kier alpha value is -1.57. The van der Waals surface area contributed by atoms with E-state index in [-0.39, 0.29) is 26.3 Å². The molecular formula is C16H19BrN2O4. The lowest BCUT2D eigenvalue weighted by Gasteiger charge is -2.27. The highest BCUT2D eigenvalue weighted by Crippen LogP contribution is 2.37. The zero-order valence-electron chi connectivity index (χ0n) is 12.8. The highest BCUT2D eigenvalue weighted by Gasteiger charge is 2.48. The van der Waals surface area contributed by atoms with Gasteiger partial charge < -0.3 is 15.1 Å². The second-order valence-electron chi connectivity index (χ2n) is 5.31. The van der Waals surface area contributed by atoms with Crippen molar-refractivity contribution in [3.05, 3.63) is 34.3 Å². The lowest BCUT2D eigenvalue weighted by atomic mass is 9.89. The van der Waals surface area contributed by atoms with Crippen LogP contribution >= 0.6 is 15.9 Å². The molecule has 1 heterocycles. The number of rotatable bonds is 6. The maximum absolute atomic E-state index is 12.4. The second-order valence-corrected chi connectivity index (χ2v) is 6.22. The largest absolute Gasteiger partial charge is 0.395 e. The van der Waals surface area contributed by atoms with Gasteiger partial charge in [0.2, 0.25) is 5.78 Å². The number of likely N-dealkylation sites (tertiary alicyclic amines) is 1. The van der Waals surface area contributed by atoms with Gasteiger partial charge in [-0.25, -0.2) is 0 Å². The van der Waals surface area contributed by atoms with Crippen LogP contribution in [0.4, 0.5) is 0 Å². The fourth-order valence-corrected chi connectivity index (χ4v) is 3.11. The van der Waals surface area contributed by atoms with Crippen LogP contribution in [-0.2, 0) is 9.59 Å². The molecule has 1 aliphatic rings. The third-order valence-electron chi connectivity index (χ3n) is 3.87. The Morgan fingerprint density at radius 3 is 2.43 bits per heavy atom. The van der Waals surface area contributed by atoms with Crippen LogP contribution in [0.15, 0.2) is 33.7 Å². The molecule has 2 atom stereocenters. The first-order valence-electron chi connectivity index (χ1n) is 7.34. The number of ketones is 1. The van der Waals surface area contributed by atoms with E-state index in [1.807, 2.05) is 24.3 Å². The number of nitrogens with zero attached hydrogens (tertiary/aromatic N) is 2. The van der Waals surface area contributed by atoms with Crippen molar-refractivity contribution in [2.24, 2.45) is 10.9 Å². The van der Waals surface area contributed by atoms with Crippen LogP contribution in [0.5, 0.6) is 0 Å². The van der Waals surface area contributed by atoms with Gasteiger partial charge in [-0.1, -0.05) is 28.1 Å². The van der Waals surface area contributed by atoms with Crippen molar-refractivity contribution in [3.8, 4) is 0 Å². The van der Waals surface area contributed by atoms with Gasteiger partial charge in [-0.3, -0.25) is 14.6 Å².